The van der Waals surface area contributed by atoms with Crippen LogP contribution in [0.15, 0.2) is 12.4 Å². The third-order valence-electron chi connectivity index (χ3n) is 2.16. The van der Waals surface area contributed by atoms with E-state index in [0.717, 1.165) is 5.69 Å². The minimum Gasteiger partial charge on any atom is -0.382 e. The number of nitrogens with zero attached hydrogens (tertiary/aromatic N) is 2. The summed E-state index contributed by atoms with van der Waals surface area (Å²) in [6, 6.07) is 0. The third kappa shape index (κ3) is 3.30. The second-order valence-corrected chi connectivity index (χ2v) is 3.69. The first kappa shape index (κ1) is 10.9. The summed E-state index contributed by atoms with van der Waals surface area (Å²) in [6.07, 6.45) is 3.41. The fourth-order valence-corrected chi connectivity index (χ4v) is 0.849. The van der Waals surface area contributed by atoms with E-state index < -0.39 is 0 Å². The monoisotopic (exact) mass is 195 g/mol. The molecule has 14 heavy (non-hydrogen) atoms. The lowest BCUT2D eigenvalue weighted by Gasteiger charge is -2.15. The molecule has 0 aliphatic carbocycles. The summed E-state index contributed by atoms with van der Waals surface area (Å²) in [6.45, 7) is 6.79. The minimum absolute atomic E-state index is 0.231. The number of ether oxygens (including phenoxy) is 1. The molecule has 0 saturated heterocycles. The molecule has 1 aromatic rings. The van der Waals surface area contributed by atoms with Gasteiger partial charge in [-0.15, -0.1) is 0 Å². The summed E-state index contributed by atoms with van der Waals surface area (Å²) in [5.41, 5.74) is 6.23. The SMILES string of the molecule is CC(C)C(C)OCc1cnc(N)cn1. The van der Waals surface area contributed by atoms with Crippen LogP contribution in [0.3, 0.4) is 0 Å². The highest BCUT2D eigenvalue weighted by Crippen LogP contribution is 2.08. The molecule has 78 valence electrons. The maximum Gasteiger partial charge on any atom is 0.141 e. The first-order chi connectivity index (χ1) is 6.59. The van der Waals surface area contributed by atoms with Crippen LogP contribution in [-0.4, -0.2) is 16.1 Å². The molecule has 1 unspecified atom stereocenters. The van der Waals surface area contributed by atoms with Gasteiger partial charge in [0.25, 0.3) is 0 Å². The fourth-order valence-electron chi connectivity index (χ4n) is 0.849. The Morgan fingerprint density at radius 2 is 2.00 bits per heavy atom. The van der Waals surface area contributed by atoms with E-state index in [2.05, 4.69) is 30.7 Å². The number of rotatable bonds is 4. The highest BCUT2D eigenvalue weighted by Gasteiger charge is 2.07. The van der Waals surface area contributed by atoms with Crippen LogP contribution in [0, 0.1) is 5.92 Å². The van der Waals surface area contributed by atoms with Crippen LogP contribution < -0.4 is 5.73 Å². The summed E-state index contributed by atoms with van der Waals surface area (Å²) < 4.78 is 5.59. The standard InChI is InChI=1S/C10H17N3O/c1-7(2)8(3)14-6-9-4-13-10(11)5-12-9/h4-5,7-8H,6H2,1-3H3,(H2,11,13). The van der Waals surface area contributed by atoms with Crippen molar-refractivity contribution in [2.75, 3.05) is 5.73 Å². The van der Waals surface area contributed by atoms with E-state index in [4.69, 9.17) is 10.5 Å². The van der Waals surface area contributed by atoms with Crippen LogP contribution in [0.25, 0.3) is 0 Å². The van der Waals surface area contributed by atoms with Crippen LogP contribution in [0.2, 0.25) is 0 Å². The predicted molar refractivity (Wildman–Crippen MR) is 55.5 cm³/mol. The maximum absolute atomic E-state index is 5.59. The van der Waals surface area contributed by atoms with E-state index >= 15 is 0 Å². The number of anilines is 1. The van der Waals surface area contributed by atoms with E-state index in [1.54, 1.807) is 12.4 Å². The van der Waals surface area contributed by atoms with Gasteiger partial charge in [-0.25, -0.2) is 4.98 Å². The Labute approximate surface area is 84.5 Å². The number of nitrogens with two attached hydrogens (primary N) is 1. The second-order valence-electron chi connectivity index (χ2n) is 3.69. The van der Waals surface area contributed by atoms with Gasteiger partial charge >= 0.3 is 0 Å². The lowest BCUT2D eigenvalue weighted by atomic mass is 10.1. The zero-order valence-corrected chi connectivity index (χ0v) is 8.90. The molecule has 0 bridgehead atoms. The number of hydrogen-bond donors (Lipinski definition) is 1. The lowest BCUT2D eigenvalue weighted by molar-refractivity contribution is 0.0217. The molecule has 0 fully saturated rings. The van der Waals surface area contributed by atoms with Gasteiger partial charge in [-0.05, 0) is 12.8 Å². The van der Waals surface area contributed by atoms with Gasteiger partial charge < -0.3 is 10.5 Å². The Morgan fingerprint density at radius 3 is 2.50 bits per heavy atom. The van der Waals surface area contributed by atoms with Crippen molar-refractivity contribution in [3.8, 4) is 0 Å². The number of hydrogen-bond acceptors (Lipinski definition) is 4. The van der Waals surface area contributed by atoms with Crippen LogP contribution in [-0.2, 0) is 11.3 Å². The molecular weight excluding hydrogens is 178 g/mol. The van der Waals surface area contributed by atoms with Gasteiger partial charge in [0, 0.05) is 0 Å². The maximum atomic E-state index is 5.59. The smallest absolute Gasteiger partial charge is 0.141 e. The van der Waals surface area contributed by atoms with Crippen molar-refractivity contribution in [2.24, 2.45) is 5.92 Å². The number of aromatic nitrogens is 2. The van der Waals surface area contributed by atoms with Crippen LogP contribution in [0.4, 0.5) is 5.82 Å². The van der Waals surface area contributed by atoms with Gasteiger partial charge in [-0.3, -0.25) is 4.98 Å². The topological polar surface area (TPSA) is 61.0 Å². The van der Waals surface area contributed by atoms with E-state index in [-0.39, 0.29) is 6.10 Å². The van der Waals surface area contributed by atoms with Gasteiger partial charge in [0.05, 0.1) is 30.8 Å². The van der Waals surface area contributed by atoms with Crippen molar-refractivity contribution < 1.29 is 4.74 Å². The Morgan fingerprint density at radius 1 is 1.29 bits per heavy atom. The zero-order chi connectivity index (χ0) is 10.6. The third-order valence-corrected chi connectivity index (χ3v) is 2.16. The fraction of sp³-hybridized carbons (Fsp3) is 0.600. The van der Waals surface area contributed by atoms with Crippen molar-refractivity contribution in [2.45, 2.75) is 33.5 Å². The quantitative estimate of drug-likeness (QED) is 0.793. The summed E-state index contributed by atoms with van der Waals surface area (Å²) >= 11 is 0. The first-order valence-corrected chi connectivity index (χ1v) is 4.77. The summed E-state index contributed by atoms with van der Waals surface area (Å²) in [7, 11) is 0. The molecule has 1 atom stereocenters. The van der Waals surface area contributed by atoms with Gasteiger partial charge in [0.15, 0.2) is 0 Å². The Balaban J connectivity index is 2.42. The molecule has 1 heterocycles. The average molecular weight is 195 g/mol. The minimum atomic E-state index is 0.231. The van der Waals surface area contributed by atoms with Crippen LogP contribution in [0.1, 0.15) is 26.5 Å². The van der Waals surface area contributed by atoms with Crippen molar-refractivity contribution in [3.63, 3.8) is 0 Å². The van der Waals surface area contributed by atoms with Crippen molar-refractivity contribution in [1.82, 2.24) is 9.97 Å². The molecule has 0 saturated carbocycles. The molecule has 4 heteroatoms. The van der Waals surface area contributed by atoms with E-state index in [9.17, 15) is 0 Å². The van der Waals surface area contributed by atoms with E-state index in [1.165, 1.54) is 0 Å². The molecule has 0 aliphatic rings. The number of nitrogen functional groups attached to an aromatic ring is 1. The van der Waals surface area contributed by atoms with Crippen LogP contribution >= 0.6 is 0 Å². The molecule has 1 aromatic heterocycles. The normalized spacial score (nSPS) is 13.1. The van der Waals surface area contributed by atoms with Gasteiger partial charge in [-0.1, -0.05) is 13.8 Å². The first-order valence-electron chi connectivity index (χ1n) is 4.77. The molecule has 0 aromatic carbocycles. The van der Waals surface area contributed by atoms with E-state index in [1.807, 2.05) is 0 Å². The summed E-state index contributed by atoms with van der Waals surface area (Å²) in [5, 5.41) is 0. The molecule has 0 aliphatic heterocycles. The van der Waals surface area contributed by atoms with Crippen molar-refractivity contribution >= 4 is 5.82 Å². The predicted octanol–water partition coefficient (Wildman–Crippen LogP) is 1.62. The molecular formula is C10H17N3O. The molecule has 2 N–H and O–H groups in total. The Bertz CT molecular complexity index is 271. The summed E-state index contributed by atoms with van der Waals surface area (Å²) in [4.78, 5) is 8.03. The second kappa shape index (κ2) is 4.91. The summed E-state index contributed by atoms with van der Waals surface area (Å²) in [5.74, 6) is 0.947. The van der Waals surface area contributed by atoms with Crippen molar-refractivity contribution in [3.05, 3.63) is 18.1 Å². The molecule has 0 amide bonds. The Hall–Kier alpha value is -1.16. The van der Waals surface area contributed by atoms with Gasteiger partial charge in [0.2, 0.25) is 0 Å². The van der Waals surface area contributed by atoms with Gasteiger partial charge in [0.1, 0.15) is 5.82 Å². The largest absolute Gasteiger partial charge is 0.382 e. The molecule has 0 radical (unpaired) electrons. The molecule has 0 spiro atoms. The highest BCUT2D eigenvalue weighted by atomic mass is 16.5. The zero-order valence-electron chi connectivity index (χ0n) is 8.90. The molecule has 1 rings (SSSR count). The van der Waals surface area contributed by atoms with Crippen LogP contribution in [0.5, 0.6) is 0 Å². The Kier molecular flexibility index (Phi) is 3.83. The average Bonchev–Trinajstić information content (AvgIpc) is 2.16. The van der Waals surface area contributed by atoms with Crippen molar-refractivity contribution in [1.29, 1.82) is 0 Å². The lowest BCUT2D eigenvalue weighted by Crippen LogP contribution is -2.15. The van der Waals surface area contributed by atoms with E-state index in [0.29, 0.717) is 18.3 Å². The molecule has 4 nitrogen and oxygen atoms in total. The van der Waals surface area contributed by atoms with Gasteiger partial charge in [-0.2, -0.15) is 0 Å². The highest BCUT2D eigenvalue weighted by molar-refractivity contribution is 5.22.